The molecule has 3 heterocycles. The number of piperidine rings is 1. The van der Waals surface area contributed by atoms with Crippen molar-refractivity contribution in [2.75, 3.05) is 32.8 Å². The zero-order chi connectivity index (χ0) is 20.6. The maximum Gasteiger partial charge on any atom is 0.222 e. The summed E-state index contributed by atoms with van der Waals surface area (Å²) >= 11 is 0. The number of benzene rings is 1. The second-order valence-electron chi connectivity index (χ2n) is 8.56. The number of fused-ring (bicyclic) bond motifs is 3. The average Bonchev–Trinajstić information content (AvgIpc) is 3.30. The molecule has 1 fully saturated rings. The van der Waals surface area contributed by atoms with Crippen molar-refractivity contribution in [3.63, 3.8) is 0 Å². The van der Waals surface area contributed by atoms with Gasteiger partial charge in [0.25, 0.3) is 0 Å². The van der Waals surface area contributed by atoms with Crippen LogP contribution in [-0.4, -0.2) is 64.7 Å². The summed E-state index contributed by atoms with van der Waals surface area (Å²) in [7, 11) is 0. The fraction of sp³-hybridized carbons (Fsp3) is 0.583. The molecule has 4 rings (SSSR count). The second-order valence-corrected chi connectivity index (χ2v) is 8.56. The first-order chi connectivity index (χ1) is 14.8. The molecule has 30 heavy (non-hydrogen) atoms. The summed E-state index contributed by atoms with van der Waals surface area (Å²) in [6, 6.07) is 9.16. The van der Waals surface area contributed by atoms with Gasteiger partial charge in [-0.05, 0) is 68.3 Å². The maximum absolute atomic E-state index is 13.0. The van der Waals surface area contributed by atoms with E-state index in [1.165, 1.54) is 31.2 Å². The van der Waals surface area contributed by atoms with Gasteiger partial charge >= 0.3 is 0 Å². The van der Waals surface area contributed by atoms with E-state index in [1.807, 2.05) is 12.3 Å². The minimum atomic E-state index is 0.235. The minimum Gasteiger partial charge on any atom is -0.494 e. The highest BCUT2D eigenvalue weighted by atomic mass is 16.5. The molecular formula is C24H34N4O2. The molecule has 0 radical (unpaired) electrons. The van der Waals surface area contributed by atoms with E-state index < -0.39 is 0 Å². The van der Waals surface area contributed by atoms with Gasteiger partial charge in [0.1, 0.15) is 5.75 Å². The lowest BCUT2D eigenvalue weighted by Gasteiger charge is -2.37. The summed E-state index contributed by atoms with van der Waals surface area (Å²) in [6.45, 7) is 4.34. The average molecular weight is 411 g/mol. The van der Waals surface area contributed by atoms with Crippen LogP contribution in [0, 0.1) is 0 Å². The number of hydrogen-bond donors (Lipinski definition) is 1. The van der Waals surface area contributed by atoms with Crippen LogP contribution in [0.15, 0.2) is 36.7 Å². The Morgan fingerprint density at radius 2 is 2.10 bits per heavy atom. The fourth-order valence-corrected chi connectivity index (χ4v) is 4.68. The lowest BCUT2D eigenvalue weighted by atomic mass is 9.95. The van der Waals surface area contributed by atoms with Crippen LogP contribution < -0.4 is 4.74 Å². The van der Waals surface area contributed by atoms with Crippen molar-refractivity contribution in [2.24, 2.45) is 0 Å². The summed E-state index contributed by atoms with van der Waals surface area (Å²) in [5.74, 6) is 1.18. The van der Waals surface area contributed by atoms with Crippen LogP contribution in [-0.2, 0) is 17.6 Å². The number of H-pyrrole nitrogens is 1. The van der Waals surface area contributed by atoms with Gasteiger partial charge < -0.3 is 9.64 Å². The van der Waals surface area contributed by atoms with Gasteiger partial charge in [0, 0.05) is 38.3 Å². The van der Waals surface area contributed by atoms with Gasteiger partial charge in [-0.1, -0.05) is 18.6 Å². The number of carbonyl (C=O) groups is 1. The zero-order valence-corrected chi connectivity index (χ0v) is 17.9. The molecule has 2 bridgehead atoms. The largest absolute Gasteiger partial charge is 0.494 e. The molecule has 1 saturated heterocycles. The second kappa shape index (κ2) is 10.6. The Balaban J connectivity index is 1.42. The molecule has 2 aliphatic rings. The Morgan fingerprint density at radius 1 is 1.13 bits per heavy atom. The first-order valence-corrected chi connectivity index (χ1v) is 11.5. The molecule has 162 valence electrons. The van der Waals surface area contributed by atoms with Crippen LogP contribution in [0.4, 0.5) is 0 Å². The zero-order valence-electron chi connectivity index (χ0n) is 17.9. The van der Waals surface area contributed by atoms with E-state index in [2.05, 4.69) is 38.2 Å². The van der Waals surface area contributed by atoms with Crippen LogP contribution in [0.25, 0.3) is 0 Å². The molecule has 0 saturated carbocycles. The predicted octanol–water partition coefficient (Wildman–Crippen LogP) is 3.44. The maximum atomic E-state index is 13.0. The van der Waals surface area contributed by atoms with E-state index in [0.717, 1.165) is 56.8 Å². The quantitative estimate of drug-likeness (QED) is 0.842. The molecule has 6 nitrogen and oxygen atoms in total. The van der Waals surface area contributed by atoms with Gasteiger partial charge in [-0.15, -0.1) is 0 Å². The summed E-state index contributed by atoms with van der Waals surface area (Å²) in [5, 5.41) is 6.81. The van der Waals surface area contributed by atoms with Gasteiger partial charge in [0.05, 0.1) is 12.8 Å². The molecule has 1 aromatic heterocycles. The number of ether oxygens (including phenoxy) is 1. The Kier molecular flexibility index (Phi) is 7.40. The molecule has 1 atom stereocenters. The standard InChI is InChI=1S/C24H34N4O2/c29-24(11-9-21-18-25-26-19-21)28-13-4-16-30-23-7-3-5-20(17-23)8-10-22-6-1-2-12-27(22)14-15-28/h3,5,7,17-19,22H,1-2,4,6,8-16H2,(H,25,26). The predicted molar refractivity (Wildman–Crippen MR) is 118 cm³/mol. The Labute approximate surface area is 179 Å². The van der Waals surface area contributed by atoms with Crippen LogP contribution >= 0.6 is 0 Å². The lowest BCUT2D eigenvalue weighted by molar-refractivity contribution is -0.131. The lowest BCUT2D eigenvalue weighted by Crippen LogP contribution is -2.45. The minimum absolute atomic E-state index is 0.235. The molecule has 2 aromatic rings. The Bertz CT molecular complexity index is 792. The molecule has 1 unspecified atom stereocenters. The number of carbonyl (C=O) groups excluding carboxylic acids is 1. The summed E-state index contributed by atoms with van der Waals surface area (Å²) in [5.41, 5.74) is 2.45. The van der Waals surface area contributed by atoms with Crippen molar-refractivity contribution in [3.05, 3.63) is 47.8 Å². The molecule has 2 aliphatic heterocycles. The highest BCUT2D eigenvalue weighted by Gasteiger charge is 2.24. The number of nitrogens with zero attached hydrogens (tertiary/aromatic N) is 3. The molecular weight excluding hydrogens is 376 g/mol. The highest BCUT2D eigenvalue weighted by molar-refractivity contribution is 5.76. The van der Waals surface area contributed by atoms with Crippen molar-refractivity contribution in [3.8, 4) is 5.75 Å². The van der Waals surface area contributed by atoms with Crippen molar-refractivity contribution in [1.82, 2.24) is 20.0 Å². The van der Waals surface area contributed by atoms with Crippen molar-refractivity contribution < 1.29 is 9.53 Å². The van der Waals surface area contributed by atoms with E-state index in [4.69, 9.17) is 4.74 Å². The summed E-state index contributed by atoms with van der Waals surface area (Å²) in [4.78, 5) is 17.7. The topological polar surface area (TPSA) is 61.5 Å². The normalized spacial score (nSPS) is 21.3. The first-order valence-electron chi connectivity index (χ1n) is 11.5. The fourth-order valence-electron chi connectivity index (χ4n) is 4.68. The van der Waals surface area contributed by atoms with Gasteiger partial charge in [0.2, 0.25) is 5.91 Å². The van der Waals surface area contributed by atoms with Crippen LogP contribution in [0.1, 0.15) is 49.7 Å². The first kappa shape index (κ1) is 20.9. The van der Waals surface area contributed by atoms with Crippen molar-refractivity contribution in [1.29, 1.82) is 0 Å². The number of aromatic nitrogens is 2. The van der Waals surface area contributed by atoms with Crippen LogP contribution in [0.2, 0.25) is 0 Å². The number of rotatable bonds is 3. The van der Waals surface area contributed by atoms with E-state index in [1.54, 1.807) is 6.20 Å². The molecule has 0 aliphatic carbocycles. The molecule has 1 amide bonds. The molecule has 1 N–H and O–H groups in total. The van der Waals surface area contributed by atoms with Gasteiger partial charge in [0.15, 0.2) is 0 Å². The number of amides is 1. The van der Waals surface area contributed by atoms with Crippen molar-refractivity contribution in [2.45, 2.75) is 57.4 Å². The highest BCUT2D eigenvalue weighted by Crippen LogP contribution is 2.23. The van der Waals surface area contributed by atoms with E-state index in [-0.39, 0.29) is 5.91 Å². The Morgan fingerprint density at radius 3 is 3.00 bits per heavy atom. The van der Waals surface area contributed by atoms with Crippen molar-refractivity contribution >= 4 is 5.91 Å². The summed E-state index contributed by atoms with van der Waals surface area (Å²) in [6.07, 6.45) is 11.9. The molecule has 1 aromatic carbocycles. The molecule has 0 spiro atoms. The van der Waals surface area contributed by atoms with Gasteiger partial charge in [-0.25, -0.2) is 0 Å². The number of nitrogens with one attached hydrogen (secondary N) is 1. The third-order valence-electron chi connectivity index (χ3n) is 6.45. The number of aryl methyl sites for hydroxylation is 2. The third kappa shape index (κ3) is 5.85. The number of hydrogen-bond acceptors (Lipinski definition) is 4. The van der Waals surface area contributed by atoms with Gasteiger partial charge in [-0.2, -0.15) is 5.10 Å². The SMILES string of the molecule is O=C(CCc1cn[nH]c1)N1CCCOc2cccc(c2)CCC2CCCCN2CC1. The van der Waals surface area contributed by atoms with Crippen LogP contribution in [0.5, 0.6) is 5.75 Å². The summed E-state index contributed by atoms with van der Waals surface area (Å²) < 4.78 is 5.98. The van der Waals surface area contributed by atoms with E-state index in [0.29, 0.717) is 19.1 Å². The Hall–Kier alpha value is -2.34. The van der Waals surface area contributed by atoms with E-state index >= 15 is 0 Å². The smallest absolute Gasteiger partial charge is 0.222 e. The molecule has 6 heteroatoms. The number of aromatic amines is 1. The van der Waals surface area contributed by atoms with Crippen LogP contribution in [0.3, 0.4) is 0 Å². The third-order valence-corrected chi connectivity index (χ3v) is 6.45. The monoisotopic (exact) mass is 410 g/mol. The van der Waals surface area contributed by atoms with E-state index in [9.17, 15) is 4.79 Å². The van der Waals surface area contributed by atoms with Gasteiger partial charge in [-0.3, -0.25) is 14.8 Å².